The van der Waals surface area contributed by atoms with E-state index in [0.29, 0.717) is 17.0 Å². The molecule has 2 fully saturated rings. The van der Waals surface area contributed by atoms with Gasteiger partial charge in [0.25, 0.3) is 0 Å². The van der Waals surface area contributed by atoms with Gasteiger partial charge in [-0.15, -0.1) is 0 Å². The number of hydrogen-bond acceptors (Lipinski definition) is 4. The average Bonchev–Trinajstić information content (AvgIpc) is 2.52. The molecule has 1 aromatic heterocycles. The van der Waals surface area contributed by atoms with Gasteiger partial charge in [0, 0.05) is 25.3 Å². The Hall–Kier alpha value is -1.46. The van der Waals surface area contributed by atoms with Gasteiger partial charge in [0.05, 0.1) is 11.3 Å². The first-order valence-electron chi connectivity index (χ1n) is 8.31. The standard InChI is InChI=1S/C17H23N3O2/c21-16(22)13-7-12-1-6-20(11-15(12)19-10-13)14-8-17(9-14)2-4-18-5-3-17/h7,10,14,18H,1-6,8-9,11H2,(H,21,22). The number of nitrogens with one attached hydrogen (secondary N) is 1. The molecule has 0 aromatic carbocycles. The summed E-state index contributed by atoms with van der Waals surface area (Å²) in [6, 6.07) is 2.50. The van der Waals surface area contributed by atoms with E-state index >= 15 is 0 Å². The van der Waals surface area contributed by atoms with Crippen LogP contribution in [-0.2, 0) is 13.0 Å². The maximum Gasteiger partial charge on any atom is 0.337 e. The van der Waals surface area contributed by atoms with Gasteiger partial charge in [0.15, 0.2) is 0 Å². The number of nitrogens with zero attached hydrogens (tertiary/aromatic N) is 2. The molecule has 2 aliphatic heterocycles. The van der Waals surface area contributed by atoms with Gasteiger partial charge < -0.3 is 10.4 Å². The lowest BCUT2D eigenvalue weighted by Crippen LogP contribution is -2.55. The molecule has 2 N–H and O–H groups in total. The van der Waals surface area contributed by atoms with Crippen molar-refractivity contribution in [3.63, 3.8) is 0 Å². The first-order chi connectivity index (χ1) is 10.7. The molecule has 3 heterocycles. The van der Waals surface area contributed by atoms with Gasteiger partial charge in [-0.25, -0.2) is 4.79 Å². The van der Waals surface area contributed by atoms with E-state index in [2.05, 4.69) is 15.2 Å². The second kappa shape index (κ2) is 5.32. The van der Waals surface area contributed by atoms with Crippen molar-refractivity contribution in [2.24, 2.45) is 5.41 Å². The van der Waals surface area contributed by atoms with Crippen molar-refractivity contribution in [1.82, 2.24) is 15.2 Å². The molecule has 0 amide bonds. The summed E-state index contributed by atoms with van der Waals surface area (Å²) in [4.78, 5) is 18.0. The van der Waals surface area contributed by atoms with Crippen molar-refractivity contribution < 1.29 is 9.90 Å². The molecule has 22 heavy (non-hydrogen) atoms. The van der Waals surface area contributed by atoms with E-state index in [1.54, 1.807) is 6.07 Å². The molecule has 1 aromatic rings. The third-order valence-electron chi connectivity index (χ3n) is 5.85. The van der Waals surface area contributed by atoms with Crippen molar-refractivity contribution in [2.75, 3.05) is 19.6 Å². The Balaban J connectivity index is 1.42. The van der Waals surface area contributed by atoms with E-state index in [-0.39, 0.29) is 0 Å². The van der Waals surface area contributed by atoms with Crippen LogP contribution in [0, 0.1) is 5.41 Å². The molecule has 0 unspecified atom stereocenters. The molecule has 1 saturated carbocycles. The summed E-state index contributed by atoms with van der Waals surface area (Å²) < 4.78 is 0. The predicted molar refractivity (Wildman–Crippen MR) is 82.9 cm³/mol. The van der Waals surface area contributed by atoms with Crippen LogP contribution < -0.4 is 5.32 Å². The zero-order chi connectivity index (χ0) is 15.2. The van der Waals surface area contributed by atoms with Crippen molar-refractivity contribution in [1.29, 1.82) is 0 Å². The van der Waals surface area contributed by atoms with E-state index in [4.69, 9.17) is 5.11 Å². The Morgan fingerprint density at radius 3 is 2.86 bits per heavy atom. The second-order valence-electron chi connectivity index (χ2n) is 7.17. The fourth-order valence-electron chi connectivity index (χ4n) is 4.43. The quantitative estimate of drug-likeness (QED) is 0.870. The second-order valence-corrected chi connectivity index (χ2v) is 7.17. The molecule has 1 aliphatic carbocycles. The van der Waals surface area contributed by atoms with Crippen LogP contribution >= 0.6 is 0 Å². The summed E-state index contributed by atoms with van der Waals surface area (Å²) in [6.07, 6.45) is 7.74. The number of rotatable bonds is 2. The van der Waals surface area contributed by atoms with E-state index in [9.17, 15) is 4.79 Å². The molecule has 0 radical (unpaired) electrons. The van der Waals surface area contributed by atoms with Crippen LogP contribution in [0.3, 0.4) is 0 Å². The molecule has 3 aliphatic rings. The van der Waals surface area contributed by atoms with Crippen LogP contribution in [0.5, 0.6) is 0 Å². The van der Waals surface area contributed by atoms with E-state index in [1.807, 2.05) is 0 Å². The average molecular weight is 301 g/mol. The summed E-state index contributed by atoms with van der Waals surface area (Å²) >= 11 is 0. The van der Waals surface area contributed by atoms with Crippen molar-refractivity contribution in [3.05, 3.63) is 29.1 Å². The summed E-state index contributed by atoms with van der Waals surface area (Å²) in [7, 11) is 0. The fourth-order valence-corrected chi connectivity index (χ4v) is 4.43. The van der Waals surface area contributed by atoms with Crippen molar-refractivity contribution in [2.45, 2.75) is 44.7 Å². The minimum absolute atomic E-state index is 0.310. The first-order valence-corrected chi connectivity index (χ1v) is 8.31. The van der Waals surface area contributed by atoms with E-state index in [1.165, 1.54) is 45.0 Å². The van der Waals surface area contributed by atoms with Gasteiger partial charge in [-0.1, -0.05) is 0 Å². The monoisotopic (exact) mass is 301 g/mol. The minimum Gasteiger partial charge on any atom is -0.478 e. The Morgan fingerprint density at radius 2 is 2.14 bits per heavy atom. The van der Waals surface area contributed by atoms with Gasteiger partial charge in [0.2, 0.25) is 0 Å². The van der Waals surface area contributed by atoms with Crippen LogP contribution in [0.25, 0.3) is 0 Å². The molecule has 1 spiro atoms. The third kappa shape index (κ3) is 2.42. The highest BCUT2D eigenvalue weighted by Gasteiger charge is 2.46. The molecule has 1 saturated heterocycles. The van der Waals surface area contributed by atoms with Crippen LogP contribution in [0.1, 0.15) is 47.3 Å². The molecule has 118 valence electrons. The molecule has 5 nitrogen and oxygen atoms in total. The normalized spacial score (nSPS) is 24.7. The lowest BCUT2D eigenvalue weighted by Gasteiger charge is -2.54. The Bertz CT molecular complexity index is 588. The zero-order valence-electron chi connectivity index (χ0n) is 12.8. The van der Waals surface area contributed by atoms with Crippen LogP contribution in [0.15, 0.2) is 12.3 Å². The first kappa shape index (κ1) is 14.2. The molecule has 5 heteroatoms. The van der Waals surface area contributed by atoms with Gasteiger partial charge in [0.1, 0.15) is 0 Å². The molecular weight excluding hydrogens is 278 g/mol. The smallest absolute Gasteiger partial charge is 0.337 e. The number of carboxylic acids is 1. The highest BCUT2D eigenvalue weighted by molar-refractivity contribution is 5.87. The van der Waals surface area contributed by atoms with Gasteiger partial charge in [-0.2, -0.15) is 0 Å². The predicted octanol–water partition coefficient (Wildman–Crippen LogP) is 1.67. The molecule has 0 bridgehead atoms. The largest absolute Gasteiger partial charge is 0.478 e. The van der Waals surface area contributed by atoms with Gasteiger partial charge in [-0.3, -0.25) is 9.88 Å². The summed E-state index contributed by atoms with van der Waals surface area (Å²) in [5.74, 6) is -0.885. The van der Waals surface area contributed by atoms with Crippen molar-refractivity contribution in [3.8, 4) is 0 Å². The third-order valence-corrected chi connectivity index (χ3v) is 5.85. The summed E-state index contributed by atoms with van der Waals surface area (Å²) in [5, 5.41) is 12.5. The minimum atomic E-state index is -0.885. The Morgan fingerprint density at radius 1 is 1.36 bits per heavy atom. The van der Waals surface area contributed by atoms with Crippen LogP contribution in [0.2, 0.25) is 0 Å². The number of piperidine rings is 1. The maximum absolute atomic E-state index is 11.0. The van der Waals surface area contributed by atoms with Gasteiger partial charge in [-0.05, 0) is 62.2 Å². The topological polar surface area (TPSA) is 65.5 Å². The zero-order valence-corrected chi connectivity index (χ0v) is 12.8. The highest BCUT2D eigenvalue weighted by Crippen LogP contribution is 2.50. The van der Waals surface area contributed by atoms with Crippen LogP contribution in [0.4, 0.5) is 0 Å². The highest BCUT2D eigenvalue weighted by atomic mass is 16.4. The maximum atomic E-state index is 11.0. The number of aromatic carboxylic acids is 1. The van der Waals surface area contributed by atoms with Gasteiger partial charge >= 0.3 is 5.97 Å². The Kier molecular flexibility index (Phi) is 3.42. The van der Waals surface area contributed by atoms with Crippen molar-refractivity contribution >= 4 is 5.97 Å². The summed E-state index contributed by atoms with van der Waals surface area (Å²) in [6.45, 7) is 4.27. The molecule has 4 rings (SSSR count). The summed E-state index contributed by atoms with van der Waals surface area (Å²) in [5.41, 5.74) is 3.11. The Labute approximate surface area is 130 Å². The van der Waals surface area contributed by atoms with Crippen LogP contribution in [-0.4, -0.2) is 46.6 Å². The number of carboxylic acid groups (broad SMARTS) is 1. The number of fused-ring (bicyclic) bond motifs is 1. The number of aromatic nitrogens is 1. The molecule has 0 atom stereocenters. The SMILES string of the molecule is O=C(O)c1cnc2c(c1)CCN(C1CC3(CCNCC3)C1)C2. The lowest BCUT2D eigenvalue weighted by molar-refractivity contribution is -0.0268. The fraction of sp³-hybridized carbons (Fsp3) is 0.647. The number of hydrogen-bond donors (Lipinski definition) is 2. The number of pyridine rings is 1. The molecular formula is C17H23N3O2. The van der Waals surface area contributed by atoms with E-state index < -0.39 is 5.97 Å². The number of carbonyl (C=O) groups is 1. The van der Waals surface area contributed by atoms with E-state index in [0.717, 1.165) is 30.8 Å². The lowest BCUT2D eigenvalue weighted by atomic mass is 9.60.